The van der Waals surface area contributed by atoms with Crippen molar-refractivity contribution in [2.45, 2.75) is 51.2 Å². The molecule has 1 unspecified atom stereocenters. The summed E-state index contributed by atoms with van der Waals surface area (Å²) in [7, 11) is 1.67. The number of carbonyl (C=O) groups excluding carboxylic acids is 2. The van der Waals surface area contributed by atoms with Crippen LogP contribution in [0.1, 0.15) is 40.0 Å². The van der Waals surface area contributed by atoms with Gasteiger partial charge in [0.1, 0.15) is 5.54 Å². The fourth-order valence-corrected chi connectivity index (χ4v) is 2.70. The Morgan fingerprint density at radius 1 is 1.42 bits per heavy atom. The van der Waals surface area contributed by atoms with Crippen LogP contribution in [0.2, 0.25) is 0 Å². The summed E-state index contributed by atoms with van der Waals surface area (Å²) in [4.78, 5) is 26.1. The second kappa shape index (κ2) is 4.78. The molecule has 0 spiro atoms. The van der Waals surface area contributed by atoms with Crippen LogP contribution in [0.15, 0.2) is 0 Å². The average Bonchev–Trinajstić information content (AvgIpc) is 3.18. The predicted molar refractivity (Wildman–Crippen MR) is 71.6 cm³/mol. The summed E-state index contributed by atoms with van der Waals surface area (Å²) in [5, 5.41) is 2.72. The van der Waals surface area contributed by atoms with Gasteiger partial charge in [-0.3, -0.25) is 9.59 Å². The van der Waals surface area contributed by atoms with E-state index in [0.29, 0.717) is 12.5 Å². The summed E-state index contributed by atoms with van der Waals surface area (Å²) in [5.74, 6) is 0.313. The summed E-state index contributed by atoms with van der Waals surface area (Å²) in [5.41, 5.74) is -0.947. The molecule has 2 fully saturated rings. The van der Waals surface area contributed by atoms with E-state index >= 15 is 0 Å². The van der Waals surface area contributed by atoms with Gasteiger partial charge in [0.05, 0.1) is 12.1 Å². The minimum Gasteiger partial charge on any atom is -0.379 e. The number of nitrogens with one attached hydrogen (secondary N) is 1. The van der Waals surface area contributed by atoms with Crippen molar-refractivity contribution in [3.8, 4) is 0 Å². The van der Waals surface area contributed by atoms with Crippen LogP contribution in [0.25, 0.3) is 0 Å². The smallest absolute Gasteiger partial charge is 0.246 e. The second-order valence-corrected chi connectivity index (χ2v) is 6.36. The highest BCUT2D eigenvalue weighted by atomic mass is 16.5. The molecule has 2 amide bonds. The summed E-state index contributed by atoms with van der Waals surface area (Å²) < 4.78 is 5.40. The van der Waals surface area contributed by atoms with Crippen LogP contribution < -0.4 is 5.32 Å². The summed E-state index contributed by atoms with van der Waals surface area (Å²) in [6.07, 6.45) is 2.79. The summed E-state index contributed by atoms with van der Waals surface area (Å²) in [6.45, 7) is 6.58. The van der Waals surface area contributed by atoms with E-state index in [2.05, 4.69) is 5.32 Å². The minimum atomic E-state index is -0.668. The molecule has 0 aromatic carbocycles. The summed E-state index contributed by atoms with van der Waals surface area (Å²) in [6, 6.07) is 0. The second-order valence-electron chi connectivity index (χ2n) is 6.36. The lowest BCUT2D eigenvalue weighted by Crippen LogP contribution is -2.67. The normalized spacial score (nSPS) is 28.5. The van der Waals surface area contributed by atoms with Crippen molar-refractivity contribution < 1.29 is 14.3 Å². The molecule has 1 atom stereocenters. The number of rotatable bonds is 5. The lowest BCUT2D eigenvalue weighted by Gasteiger charge is -2.44. The number of hydrogen-bond acceptors (Lipinski definition) is 3. The maximum atomic E-state index is 12.2. The van der Waals surface area contributed by atoms with E-state index in [0.717, 1.165) is 19.3 Å². The Morgan fingerprint density at radius 3 is 2.58 bits per heavy atom. The van der Waals surface area contributed by atoms with Crippen molar-refractivity contribution in [3.63, 3.8) is 0 Å². The van der Waals surface area contributed by atoms with Crippen LogP contribution in [0.5, 0.6) is 0 Å². The van der Waals surface area contributed by atoms with E-state index in [1.165, 1.54) is 0 Å². The Morgan fingerprint density at radius 2 is 2.05 bits per heavy atom. The van der Waals surface area contributed by atoms with Crippen molar-refractivity contribution in [1.29, 1.82) is 0 Å². The van der Waals surface area contributed by atoms with E-state index in [-0.39, 0.29) is 24.0 Å². The van der Waals surface area contributed by atoms with E-state index in [1.54, 1.807) is 12.0 Å². The van der Waals surface area contributed by atoms with Crippen molar-refractivity contribution >= 4 is 11.8 Å². The van der Waals surface area contributed by atoms with Crippen molar-refractivity contribution in [1.82, 2.24) is 10.2 Å². The summed E-state index contributed by atoms with van der Waals surface area (Å²) >= 11 is 0. The monoisotopic (exact) mass is 268 g/mol. The molecule has 0 bridgehead atoms. The fraction of sp³-hybridized carbons (Fsp3) is 0.857. The molecule has 19 heavy (non-hydrogen) atoms. The van der Waals surface area contributed by atoms with Crippen LogP contribution in [0, 0.1) is 5.92 Å². The van der Waals surface area contributed by atoms with Gasteiger partial charge >= 0.3 is 0 Å². The third kappa shape index (κ3) is 2.61. The van der Waals surface area contributed by atoms with Gasteiger partial charge in [0.2, 0.25) is 11.8 Å². The number of piperazine rings is 1. The average molecular weight is 268 g/mol. The van der Waals surface area contributed by atoms with Gasteiger partial charge in [-0.05, 0) is 46.0 Å². The SMILES string of the molecule is COC(C)(C)CCN1C(=O)CNC(=O)C1(C)C1CC1. The maximum Gasteiger partial charge on any atom is 0.246 e. The molecule has 5 nitrogen and oxygen atoms in total. The lowest BCUT2D eigenvalue weighted by molar-refractivity contribution is -0.155. The van der Waals surface area contributed by atoms with Crippen LogP contribution in [0.3, 0.4) is 0 Å². The zero-order chi connectivity index (χ0) is 14.3. The first-order valence-electron chi connectivity index (χ1n) is 6.95. The molecule has 1 N–H and O–H groups in total. The molecule has 0 aromatic rings. The highest BCUT2D eigenvalue weighted by molar-refractivity contribution is 5.98. The zero-order valence-electron chi connectivity index (χ0n) is 12.3. The molecule has 1 aliphatic heterocycles. The first kappa shape index (κ1) is 14.3. The van der Waals surface area contributed by atoms with E-state index < -0.39 is 5.54 Å². The Balaban J connectivity index is 2.14. The Hall–Kier alpha value is -1.10. The van der Waals surface area contributed by atoms with Crippen LogP contribution in [0.4, 0.5) is 0 Å². The number of carbonyl (C=O) groups is 2. The van der Waals surface area contributed by atoms with Gasteiger partial charge in [-0.25, -0.2) is 0 Å². The molecule has 0 aromatic heterocycles. The number of hydrogen-bond donors (Lipinski definition) is 1. The Kier molecular flexibility index (Phi) is 3.60. The molecule has 1 saturated heterocycles. The van der Waals surface area contributed by atoms with E-state index in [4.69, 9.17) is 4.74 Å². The van der Waals surface area contributed by atoms with Crippen LogP contribution in [-0.2, 0) is 14.3 Å². The first-order valence-corrected chi connectivity index (χ1v) is 6.95. The number of methoxy groups -OCH3 is 1. The lowest BCUT2D eigenvalue weighted by atomic mass is 9.89. The minimum absolute atomic E-state index is 0.00942. The molecule has 1 aliphatic carbocycles. The van der Waals surface area contributed by atoms with Gasteiger partial charge in [0, 0.05) is 13.7 Å². The molecule has 2 rings (SSSR count). The van der Waals surface area contributed by atoms with E-state index in [9.17, 15) is 9.59 Å². The first-order chi connectivity index (χ1) is 8.81. The van der Waals surface area contributed by atoms with Gasteiger partial charge in [0.25, 0.3) is 0 Å². The largest absolute Gasteiger partial charge is 0.379 e. The van der Waals surface area contributed by atoms with Crippen LogP contribution >= 0.6 is 0 Å². The molecule has 2 aliphatic rings. The molecular formula is C14H24N2O3. The van der Waals surface area contributed by atoms with Gasteiger partial charge < -0.3 is 15.0 Å². The molecule has 108 valence electrons. The van der Waals surface area contributed by atoms with Crippen molar-refractivity contribution in [3.05, 3.63) is 0 Å². The molecule has 5 heteroatoms. The van der Waals surface area contributed by atoms with Gasteiger partial charge in [-0.15, -0.1) is 0 Å². The highest BCUT2D eigenvalue weighted by Crippen LogP contribution is 2.44. The maximum absolute atomic E-state index is 12.2. The molecule has 1 saturated carbocycles. The van der Waals surface area contributed by atoms with Gasteiger partial charge in [0.15, 0.2) is 0 Å². The highest BCUT2D eigenvalue weighted by Gasteiger charge is 2.54. The predicted octanol–water partition coefficient (Wildman–Crippen LogP) is 0.929. The zero-order valence-corrected chi connectivity index (χ0v) is 12.3. The standard InChI is InChI=1S/C14H24N2O3/c1-13(2,19-4)7-8-16-11(17)9-15-12(18)14(16,3)10-5-6-10/h10H,5-9H2,1-4H3,(H,15,18). The van der Waals surface area contributed by atoms with Gasteiger partial charge in [-0.2, -0.15) is 0 Å². The Bertz CT molecular complexity index is 390. The quantitative estimate of drug-likeness (QED) is 0.807. The fourth-order valence-electron chi connectivity index (χ4n) is 2.70. The van der Waals surface area contributed by atoms with Crippen molar-refractivity contribution in [2.75, 3.05) is 20.2 Å². The van der Waals surface area contributed by atoms with Crippen molar-refractivity contribution in [2.24, 2.45) is 5.92 Å². The number of nitrogens with zero attached hydrogens (tertiary/aromatic N) is 1. The topological polar surface area (TPSA) is 58.6 Å². The van der Waals surface area contributed by atoms with E-state index in [1.807, 2.05) is 20.8 Å². The Labute approximate surface area is 114 Å². The van der Waals surface area contributed by atoms with Crippen LogP contribution in [-0.4, -0.2) is 48.1 Å². The molecule has 0 radical (unpaired) electrons. The third-order valence-corrected chi connectivity index (χ3v) is 4.58. The third-order valence-electron chi connectivity index (χ3n) is 4.58. The number of ether oxygens (including phenoxy) is 1. The number of amides is 2. The molecule has 1 heterocycles. The molecular weight excluding hydrogens is 244 g/mol. The van der Waals surface area contributed by atoms with Gasteiger partial charge in [-0.1, -0.05) is 0 Å².